The molecule has 0 fully saturated rings. The van der Waals surface area contributed by atoms with Crippen LogP contribution in [0, 0.1) is 5.92 Å². The number of anilines is 1. The molecule has 0 aliphatic heterocycles. The van der Waals surface area contributed by atoms with Crippen LogP contribution in [0.3, 0.4) is 0 Å². The lowest BCUT2D eigenvalue weighted by molar-refractivity contribution is -0.140. The minimum absolute atomic E-state index is 0.0924. The Kier molecular flexibility index (Phi) is 7.44. The lowest BCUT2D eigenvalue weighted by Crippen LogP contribution is -2.45. The number of rotatable bonds is 6. The number of amides is 3. The first-order valence-corrected chi connectivity index (χ1v) is 8.74. The molecule has 3 amide bonds. The number of hydrogen-bond donors (Lipinski definition) is 4. The van der Waals surface area contributed by atoms with Crippen molar-refractivity contribution in [1.29, 1.82) is 0 Å². The third-order valence-corrected chi connectivity index (χ3v) is 4.05. The van der Waals surface area contributed by atoms with Crippen molar-refractivity contribution in [1.82, 2.24) is 10.6 Å². The molecule has 0 aliphatic carbocycles. The lowest BCUT2D eigenvalue weighted by Gasteiger charge is -2.21. The minimum atomic E-state index is -1.11. The molecule has 7 nitrogen and oxygen atoms in total. The molecule has 4 N–H and O–H groups in total. The van der Waals surface area contributed by atoms with Crippen molar-refractivity contribution >= 4 is 35.2 Å². The van der Waals surface area contributed by atoms with Gasteiger partial charge in [0.05, 0.1) is 10.6 Å². The van der Waals surface area contributed by atoms with Gasteiger partial charge >= 0.3 is 12.0 Å². The van der Waals surface area contributed by atoms with Crippen molar-refractivity contribution < 1.29 is 19.5 Å². The van der Waals surface area contributed by atoms with Gasteiger partial charge < -0.3 is 21.1 Å². The smallest absolute Gasteiger partial charge is 0.326 e. The van der Waals surface area contributed by atoms with E-state index in [1.165, 1.54) is 12.1 Å². The molecule has 144 valence electrons. The number of aliphatic carboxylic acids is 1. The van der Waals surface area contributed by atoms with Gasteiger partial charge in [0.1, 0.15) is 6.04 Å². The fourth-order valence-corrected chi connectivity index (χ4v) is 2.39. The largest absolute Gasteiger partial charge is 0.480 e. The van der Waals surface area contributed by atoms with Crippen LogP contribution in [-0.4, -0.2) is 34.6 Å². The molecule has 0 heterocycles. The van der Waals surface area contributed by atoms with Crippen LogP contribution in [0.4, 0.5) is 10.5 Å². The molecule has 1 aromatic rings. The normalized spacial score (nSPS) is 13.5. The van der Waals surface area contributed by atoms with Gasteiger partial charge in [-0.25, -0.2) is 9.59 Å². The molecule has 0 spiro atoms. The Morgan fingerprint density at radius 3 is 2.35 bits per heavy atom. The highest BCUT2D eigenvalue weighted by Crippen LogP contribution is 2.21. The first kappa shape index (κ1) is 21.8. The van der Waals surface area contributed by atoms with Gasteiger partial charge in [-0.05, 0) is 44.9 Å². The van der Waals surface area contributed by atoms with E-state index in [4.69, 9.17) is 11.6 Å². The van der Waals surface area contributed by atoms with Crippen LogP contribution in [0.25, 0.3) is 0 Å². The summed E-state index contributed by atoms with van der Waals surface area (Å²) in [6, 6.07) is 3.00. The number of nitrogens with one attached hydrogen (secondary N) is 3. The average Bonchev–Trinajstić information content (AvgIpc) is 2.51. The quantitative estimate of drug-likeness (QED) is 0.603. The summed E-state index contributed by atoms with van der Waals surface area (Å²) in [6.07, 6.45) is 0.597. The van der Waals surface area contributed by atoms with Crippen LogP contribution in [0.15, 0.2) is 18.2 Å². The van der Waals surface area contributed by atoms with Crippen LogP contribution < -0.4 is 16.0 Å². The Balaban J connectivity index is 2.97. The first-order chi connectivity index (χ1) is 11.9. The molecule has 26 heavy (non-hydrogen) atoms. The molecule has 1 aromatic carbocycles. The van der Waals surface area contributed by atoms with Gasteiger partial charge in [0, 0.05) is 11.2 Å². The van der Waals surface area contributed by atoms with Gasteiger partial charge in [0.2, 0.25) is 0 Å². The fourth-order valence-electron chi connectivity index (χ4n) is 2.18. The van der Waals surface area contributed by atoms with E-state index in [2.05, 4.69) is 16.0 Å². The van der Waals surface area contributed by atoms with Gasteiger partial charge in [-0.1, -0.05) is 31.9 Å². The molecule has 0 aliphatic rings. The van der Waals surface area contributed by atoms with Crippen molar-refractivity contribution in [2.45, 2.75) is 52.6 Å². The predicted molar refractivity (Wildman–Crippen MR) is 102 cm³/mol. The molecule has 0 aromatic heterocycles. The molecule has 0 saturated carbocycles. The number of halogens is 1. The number of urea groups is 1. The summed E-state index contributed by atoms with van der Waals surface area (Å²) in [7, 11) is 0. The predicted octanol–water partition coefficient (Wildman–Crippen LogP) is 3.49. The highest BCUT2D eigenvalue weighted by Gasteiger charge is 2.26. The van der Waals surface area contributed by atoms with E-state index in [1.807, 2.05) is 27.7 Å². The summed E-state index contributed by atoms with van der Waals surface area (Å²) < 4.78 is 0. The first-order valence-electron chi connectivity index (χ1n) is 8.37. The lowest BCUT2D eigenvalue weighted by atomic mass is 9.99. The monoisotopic (exact) mass is 383 g/mol. The molecule has 0 saturated heterocycles. The van der Waals surface area contributed by atoms with Gasteiger partial charge in [0.15, 0.2) is 0 Å². The Hall–Kier alpha value is -2.28. The van der Waals surface area contributed by atoms with E-state index >= 15 is 0 Å². The zero-order chi connectivity index (χ0) is 20.1. The second kappa shape index (κ2) is 8.89. The van der Waals surface area contributed by atoms with Crippen LogP contribution in [0.2, 0.25) is 5.02 Å². The Morgan fingerprint density at radius 1 is 1.23 bits per heavy atom. The van der Waals surface area contributed by atoms with Crippen molar-refractivity contribution in [2.75, 3.05) is 5.32 Å². The number of carbonyl (C=O) groups is 3. The van der Waals surface area contributed by atoms with Crippen molar-refractivity contribution in [2.24, 2.45) is 5.92 Å². The molecule has 8 heteroatoms. The Morgan fingerprint density at radius 2 is 1.85 bits per heavy atom. The maximum Gasteiger partial charge on any atom is 0.326 e. The van der Waals surface area contributed by atoms with Crippen LogP contribution in [-0.2, 0) is 4.79 Å². The second-order valence-corrected chi connectivity index (χ2v) is 7.61. The zero-order valence-corrected chi connectivity index (χ0v) is 16.4. The molecular formula is C18H26ClN3O4. The summed E-state index contributed by atoms with van der Waals surface area (Å²) in [5, 5.41) is 17.3. The van der Waals surface area contributed by atoms with E-state index < -0.39 is 29.5 Å². The summed E-state index contributed by atoms with van der Waals surface area (Å²) >= 11 is 6.07. The topological polar surface area (TPSA) is 108 Å². The molecule has 2 atom stereocenters. The van der Waals surface area contributed by atoms with Crippen molar-refractivity contribution in [3.05, 3.63) is 28.8 Å². The van der Waals surface area contributed by atoms with Gasteiger partial charge in [-0.2, -0.15) is 0 Å². The number of benzene rings is 1. The summed E-state index contributed by atoms with van der Waals surface area (Å²) in [4.78, 5) is 35.8. The molecule has 0 unspecified atom stereocenters. The fraction of sp³-hybridized carbons (Fsp3) is 0.500. The van der Waals surface area contributed by atoms with Gasteiger partial charge in [-0.3, -0.25) is 4.79 Å². The highest BCUT2D eigenvalue weighted by molar-refractivity contribution is 6.34. The van der Waals surface area contributed by atoms with E-state index in [9.17, 15) is 19.5 Å². The molecular weight excluding hydrogens is 358 g/mol. The number of carbonyl (C=O) groups excluding carboxylic acids is 2. The van der Waals surface area contributed by atoms with Crippen molar-refractivity contribution in [3.63, 3.8) is 0 Å². The standard InChI is InChI=1S/C18H26ClN3O4/c1-6-10(2)14(16(24)25)21-15(23)12-9-11(7-8-13(12)19)20-17(26)22-18(3,4)5/h7-10,14H,6H2,1-5H3,(H,21,23)(H,24,25)(H2,20,22,26)/t10-,14-/m0/s1. The average molecular weight is 384 g/mol. The third kappa shape index (κ3) is 6.55. The maximum atomic E-state index is 12.5. The van der Waals surface area contributed by atoms with Crippen LogP contribution >= 0.6 is 11.6 Å². The Bertz CT molecular complexity index is 686. The van der Waals surface area contributed by atoms with Crippen molar-refractivity contribution in [3.8, 4) is 0 Å². The highest BCUT2D eigenvalue weighted by atomic mass is 35.5. The minimum Gasteiger partial charge on any atom is -0.480 e. The maximum absolute atomic E-state index is 12.5. The zero-order valence-electron chi connectivity index (χ0n) is 15.6. The SMILES string of the molecule is CC[C@H](C)[C@H](NC(=O)c1cc(NC(=O)NC(C)(C)C)ccc1Cl)C(=O)O. The van der Waals surface area contributed by atoms with E-state index in [1.54, 1.807) is 13.0 Å². The van der Waals surface area contributed by atoms with Gasteiger partial charge in [-0.15, -0.1) is 0 Å². The number of carboxylic acid groups (broad SMARTS) is 1. The third-order valence-electron chi connectivity index (χ3n) is 3.72. The second-order valence-electron chi connectivity index (χ2n) is 7.20. The van der Waals surface area contributed by atoms with Crippen LogP contribution in [0.1, 0.15) is 51.4 Å². The van der Waals surface area contributed by atoms with E-state index in [0.717, 1.165) is 0 Å². The summed E-state index contributed by atoms with van der Waals surface area (Å²) in [6.45, 7) is 9.12. The Labute approximate surface area is 158 Å². The molecule has 1 rings (SSSR count). The van der Waals surface area contributed by atoms with Crippen LogP contribution in [0.5, 0.6) is 0 Å². The number of hydrogen-bond acceptors (Lipinski definition) is 3. The van der Waals surface area contributed by atoms with E-state index in [0.29, 0.717) is 12.1 Å². The molecule has 0 bridgehead atoms. The molecule has 0 radical (unpaired) electrons. The summed E-state index contributed by atoms with van der Waals surface area (Å²) in [5.74, 6) is -1.96. The van der Waals surface area contributed by atoms with E-state index in [-0.39, 0.29) is 16.5 Å². The van der Waals surface area contributed by atoms with Gasteiger partial charge in [0.25, 0.3) is 5.91 Å². The number of carboxylic acids is 1. The summed E-state index contributed by atoms with van der Waals surface area (Å²) in [5.41, 5.74) is 0.0494.